The molecule has 0 N–H and O–H groups in total. The highest BCUT2D eigenvalue weighted by atomic mass is 16.6. The molecule has 0 saturated carbocycles. The van der Waals surface area contributed by atoms with Gasteiger partial charge in [0.1, 0.15) is 13.2 Å². The summed E-state index contributed by atoms with van der Waals surface area (Å²) in [5, 5.41) is 0. The summed E-state index contributed by atoms with van der Waals surface area (Å²) in [7, 11) is 0. The van der Waals surface area contributed by atoms with Crippen LogP contribution in [-0.2, 0) is 19.1 Å². The first-order chi connectivity index (χ1) is 13.6. The monoisotopic (exact) mass is 388 g/mol. The SMILES string of the molecule is CCOC(=O)C1CCCN(C2CC(=O)N(c3ccc4c(c3)OCCO4)C2=O)C1. The summed E-state index contributed by atoms with van der Waals surface area (Å²) in [6.45, 7) is 4.17. The third-order valence-corrected chi connectivity index (χ3v) is 5.42. The van der Waals surface area contributed by atoms with Crippen LogP contribution in [0.25, 0.3) is 0 Å². The predicted octanol–water partition coefficient (Wildman–Crippen LogP) is 1.36. The minimum absolute atomic E-state index is 0.114. The maximum atomic E-state index is 13.1. The van der Waals surface area contributed by atoms with E-state index in [1.165, 1.54) is 4.90 Å². The number of fused-ring (bicyclic) bond motifs is 1. The second-order valence-electron chi connectivity index (χ2n) is 7.20. The van der Waals surface area contributed by atoms with Crippen LogP contribution in [0.15, 0.2) is 18.2 Å². The Hall–Kier alpha value is -2.61. The van der Waals surface area contributed by atoms with Gasteiger partial charge in [-0.25, -0.2) is 4.90 Å². The Morgan fingerprint density at radius 3 is 2.79 bits per heavy atom. The fraction of sp³-hybridized carbons (Fsp3) is 0.550. The van der Waals surface area contributed by atoms with E-state index in [0.717, 1.165) is 12.8 Å². The summed E-state index contributed by atoms with van der Waals surface area (Å²) < 4.78 is 16.2. The number of ether oxygens (including phenoxy) is 3. The number of amides is 2. The van der Waals surface area contributed by atoms with Gasteiger partial charge in [0.15, 0.2) is 11.5 Å². The lowest BCUT2D eigenvalue weighted by Crippen LogP contribution is -2.48. The number of esters is 1. The number of rotatable bonds is 4. The highest BCUT2D eigenvalue weighted by molar-refractivity contribution is 6.22. The van der Waals surface area contributed by atoms with Gasteiger partial charge in [0.2, 0.25) is 5.91 Å². The number of benzene rings is 1. The Labute approximate surface area is 163 Å². The largest absolute Gasteiger partial charge is 0.486 e. The van der Waals surface area contributed by atoms with E-state index in [0.29, 0.717) is 50.1 Å². The van der Waals surface area contributed by atoms with E-state index in [1.54, 1.807) is 25.1 Å². The molecule has 2 unspecified atom stereocenters. The first-order valence-electron chi connectivity index (χ1n) is 9.75. The molecule has 8 heteroatoms. The fourth-order valence-corrected chi connectivity index (χ4v) is 4.09. The van der Waals surface area contributed by atoms with Crippen LogP contribution in [0.1, 0.15) is 26.2 Å². The van der Waals surface area contributed by atoms with Crippen LogP contribution in [0, 0.1) is 5.92 Å². The molecule has 3 aliphatic heterocycles. The molecule has 2 atom stereocenters. The highest BCUT2D eigenvalue weighted by Crippen LogP contribution is 2.36. The van der Waals surface area contributed by atoms with Crippen molar-refractivity contribution in [2.75, 3.05) is 37.8 Å². The number of carbonyl (C=O) groups excluding carboxylic acids is 3. The molecule has 28 heavy (non-hydrogen) atoms. The molecule has 2 saturated heterocycles. The number of hydrogen-bond donors (Lipinski definition) is 0. The minimum Gasteiger partial charge on any atom is -0.486 e. The molecule has 0 spiro atoms. The van der Waals surface area contributed by atoms with E-state index in [9.17, 15) is 14.4 Å². The third kappa shape index (κ3) is 3.44. The number of carbonyl (C=O) groups is 3. The second kappa shape index (κ2) is 7.79. The molecule has 4 rings (SSSR count). The molecule has 1 aromatic carbocycles. The van der Waals surface area contributed by atoms with Crippen molar-refractivity contribution < 1.29 is 28.6 Å². The Kier molecular flexibility index (Phi) is 5.21. The smallest absolute Gasteiger partial charge is 0.310 e. The minimum atomic E-state index is -0.544. The number of anilines is 1. The van der Waals surface area contributed by atoms with Crippen LogP contribution in [0.4, 0.5) is 5.69 Å². The summed E-state index contributed by atoms with van der Waals surface area (Å²) in [6, 6.07) is 4.54. The van der Waals surface area contributed by atoms with Crippen LogP contribution in [0.5, 0.6) is 11.5 Å². The van der Waals surface area contributed by atoms with Gasteiger partial charge in [0, 0.05) is 12.6 Å². The molecule has 2 amide bonds. The molecule has 3 heterocycles. The lowest BCUT2D eigenvalue weighted by molar-refractivity contribution is -0.150. The van der Waals surface area contributed by atoms with E-state index < -0.39 is 6.04 Å². The van der Waals surface area contributed by atoms with Crippen LogP contribution in [0.2, 0.25) is 0 Å². The quantitative estimate of drug-likeness (QED) is 0.569. The molecule has 0 aromatic heterocycles. The predicted molar refractivity (Wildman–Crippen MR) is 99.3 cm³/mol. The van der Waals surface area contributed by atoms with Crippen molar-refractivity contribution in [2.24, 2.45) is 5.92 Å². The van der Waals surface area contributed by atoms with E-state index in [2.05, 4.69) is 0 Å². The topological polar surface area (TPSA) is 85.4 Å². The maximum Gasteiger partial charge on any atom is 0.310 e. The summed E-state index contributed by atoms with van der Waals surface area (Å²) in [6.07, 6.45) is 1.66. The molecular formula is C20H24N2O6. The zero-order valence-electron chi connectivity index (χ0n) is 15.9. The van der Waals surface area contributed by atoms with Gasteiger partial charge in [-0.15, -0.1) is 0 Å². The molecule has 8 nitrogen and oxygen atoms in total. The van der Waals surface area contributed by atoms with Crippen molar-refractivity contribution in [3.05, 3.63) is 18.2 Å². The van der Waals surface area contributed by atoms with E-state index in [4.69, 9.17) is 14.2 Å². The van der Waals surface area contributed by atoms with Gasteiger partial charge < -0.3 is 14.2 Å². The average molecular weight is 388 g/mol. The standard InChI is InChI=1S/C20H24N2O6/c1-2-26-20(25)13-4-3-7-21(12-13)15-11-18(23)22(19(15)24)14-5-6-16-17(10-14)28-9-8-27-16/h5-6,10,13,15H,2-4,7-9,11-12H2,1H3. The van der Waals surface area contributed by atoms with Crippen molar-refractivity contribution in [3.8, 4) is 11.5 Å². The zero-order valence-corrected chi connectivity index (χ0v) is 15.9. The zero-order chi connectivity index (χ0) is 19.7. The average Bonchev–Trinajstić information content (AvgIpc) is 3.02. The lowest BCUT2D eigenvalue weighted by atomic mass is 9.96. The highest BCUT2D eigenvalue weighted by Gasteiger charge is 2.44. The Morgan fingerprint density at radius 2 is 2.00 bits per heavy atom. The second-order valence-corrected chi connectivity index (χ2v) is 7.20. The number of hydrogen-bond acceptors (Lipinski definition) is 7. The number of likely N-dealkylation sites (tertiary alicyclic amines) is 1. The van der Waals surface area contributed by atoms with Gasteiger partial charge in [-0.05, 0) is 38.4 Å². The Balaban J connectivity index is 1.50. The Bertz CT molecular complexity index is 795. The van der Waals surface area contributed by atoms with Crippen molar-refractivity contribution in [1.29, 1.82) is 0 Å². The van der Waals surface area contributed by atoms with Crippen LogP contribution in [0.3, 0.4) is 0 Å². The van der Waals surface area contributed by atoms with Gasteiger partial charge in [-0.1, -0.05) is 0 Å². The van der Waals surface area contributed by atoms with Crippen molar-refractivity contribution in [1.82, 2.24) is 4.90 Å². The molecule has 150 valence electrons. The summed E-state index contributed by atoms with van der Waals surface area (Å²) in [5.41, 5.74) is 0.487. The van der Waals surface area contributed by atoms with Crippen molar-refractivity contribution in [3.63, 3.8) is 0 Å². The number of nitrogens with zero attached hydrogens (tertiary/aromatic N) is 2. The number of imide groups is 1. The Morgan fingerprint density at radius 1 is 1.21 bits per heavy atom. The van der Waals surface area contributed by atoms with Gasteiger partial charge in [-0.3, -0.25) is 19.3 Å². The molecule has 0 radical (unpaired) electrons. The lowest BCUT2D eigenvalue weighted by Gasteiger charge is -2.34. The molecule has 3 aliphatic rings. The fourth-order valence-electron chi connectivity index (χ4n) is 4.09. The molecule has 0 bridgehead atoms. The normalized spacial score (nSPS) is 25.1. The molecule has 2 fully saturated rings. The van der Waals surface area contributed by atoms with E-state index >= 15 is 0 Å². The van der Waals surface area contributed by atoms with Gasteiger partial charge in [-0.2, -0.15) is 0 Å². The third-order valence-electron chi connectivity index (χ3n) is 5.42. The van der Waals surface area contributed by atoms with Gasteiger partial charge in [0.25, 0.3) is 5.91 Å². The first kappa shape index (κ1) is 18.7. The molecular weight excluding hydrogens is 364 g/mol. The van der Waals surface area contributed by atoms with Crippen LogP contribution in [-0.4, -0.2) is 61.6 Å². The van der Waals surface area contributed by atoms with E-state index in [1.807, 2.05) is 4.90 Å². The van der Waals surface area contributed by atoms with Crippen LogP contribution >= 0.6 is 0 Å². The van der Waals surface area contributed by atoms with Crippen molar-refractivity contribution >= 4 is 23.5 Å². The van der Waals surface area contributed by atoms with Crippen LogP contribution < -0.4 is 14.4 Å². The van der Waals surface area contributed by atoms with E-state index in [-0.39, 0.29) is 30.1 Å². The number of piperidine rings is 1. The summed E-state index contributed by atoms with van der Waals surface area (Å²) >= 11 is 0. The van der Waals surface area contributed by atoms with Crippen molar-refractivity contribution in [2.45, 2.75) is 32.2 Å². The van der Waals surface area contributed by atoms with Gasteiger partial charge >= 0.3 is 5.97 Å². The first-order valence-corrected chi connectivity index (χ1v) is 9.75. The summed E-state index contributed by atoms with van der Waals surface area (Å²) in [5.74, 6) is 0.163. The molecule has 1 aromatic rings. The van der Waals surface area contributed by atoms with Gasteiger partial charge in [0.05, 0.1) is 30.7 Å². The molecule has 0 aliphatic carbocycles. The maximum absolute atomic E-state index is 13.1. The summed E-state index contributed by atoms with van der Waals surface area (Å²) in [4.78, 5) is 41.0.